The summed E-state index contributed by atoms with van der Waals surface area (Å²) in [6.07, 6.45) is -3.04. The van der Waals surface area contributed by atoms with E-state index in [0.717, 1.165) is 24.3 Å². The van der Waals surface area contributed by atoms with Crippen molar-refractivity contribution in [1.82, 2.24) is 4.98 Å². The van der Waals surface area contributed by atoms with E-state index in [1.54, 1.807) is 18.2 Å². The summed E-state index contributed by atoms with van der Waals surface area (Å²) in [6, 6.07) is 10.5. The molecule has 1 amide bonds. The molecule has 0 bridgehead atoms. The number of halogens is 4. The topological polar surface area (TPSA) is 91.8 Å². The number of alkyl halides is 3. The van der Waals surface area contributed by atoms with Crippen molar-refractivity contribution in [1.29, 1.82) is 0 Å². The predicted octanol–water partition coefficient (Wildman–Crippen LogP) is 4.99. The predicted molar refractivity (Wildman–Crippen MR) is 114 cm³/mol. The van der Waals surface area contributed by atoms with E-state index in [2.05, 4.69) is 10.3 Å². The molecular formula is C22H15ClF3N3O4. The van der Waals surface area contributed by atoms with Gasteiger partial charge in [-0.15, -0.1) is 0 Å². The van der Waals surface area contributed by atoms with Crippen LogP contribution in [0.25, 0.3) is 0 Å². The summed E-state index contributed by atoms with van der Waals surface area (Å²) in [6.45, 7) is -0.292. The molecule has 0 fully saturated rings. The third kappa shape index (κ3) is 4.42. The van der Waals surface area contributed by atoms with E-state index in [9.17, 15) is 27.9 Å². The number of aliphatic carboxylic acids is 1. The molecule has 0 spiro atoms. The maximum absolute atomic E-state index is 12.9. The highest BCUT2D eigenvalue weighted by Crippen LogP contribution is 2.43. The summed E-state index contributed by atoms with van der Waals surface area (Å²) in [5.74, 6) is -1.55. The molecule has 0 saturated heterocycles. The third-order valence-corrected chi connectivity index (χ3v) is 5.21. The molecule has 7 nitrogen and oxygen atoms in total. The zero-order valence-electron chi connectivity index (χ0n) is 16.6. The second-order valence-corrected chi connectivity index (χ2v) is 7.43. The molecule has 2 heterocycles. The number of benzene rings is 2. The Morgan fingerprint density at radius 1 is 1.12 bits per heavy atom. The van der Waals surface area contributed by atoms with Crippen LogP contribution in [0.3, 0.4) is 0 Å². The highest BCUT2D eigenvalue weighted by Gasteiger charge is 2.37. The number of hydrogen-bond acceptors (Lipinski definition) is 5. The lowest BCUT2D eigenvalue weighted by atomic mass is 10.1. The molecule has 2 N–H and O–H groups in total. The van der Waals surface area contributed by atoms with E-state index in [0.29, 0.717) is 0 Å². The van der Waals surface area contributed by atoms with Gasteiger partial charge < -0.3 is 20.1 Å². The second kappa shape index (κ2) is 8.62. The van der Waals surface area contributed by atoms with Crippen LogP contribution >= 0.6 is 11.6 Å². The Balaban J connectivity index is 1.70. The van der Waals surface area contributed by atoms with E-state index in [1.807, 2.05) is 0 Å². The smallest absolute Gasteiger partial charge is 0.416 e. The number of nitrogens with one attached hydrogen (secondary N) is 1. The van der Waals surface area contributed by atoms with Crippen molar-refractivity contribution in [3.8, 4) is 5.75 Å². The molecule has 33 heavy (non-hydrogen) atoms. The number of para-hydroxylation sites is 1. The Morgan fingerprint density at radius 2 is 1.85 bits per heavy atom. The minimum absolute atomic E-state index is 0.0632. The Morgan fingerprint density at radius 3 is 2.48 bits per heavy atom. The van der Waals surface area contributed by atoms with Gasteiger partial charge in [0.05, 0.1) is 21.8 Å². The molecule has 0 aliphatic carbocycles. The van der Waals surface area contributed by atoms with E-state index >= 15 is 0 Å². The Bertz CT molecular complexity index is 1220. The number of nitrogens with zero attached hydrogens (tertiary/aromatic N) is 2. The number of hydrogen-bond donors (Lipinski definition) is 2. The Kier molecular flexibility index (Phi) is 5.86. The number of rotatable bonds is 4. The number of carbonyl (C=O) groups excluding carboxylic acids is 1. The van der Waals surface area contributed by atoms with Gasteiger partial charge in [-0.1, -0.05) is 17.7 Å². The van der Waals surface area contributed by atoms with Crippen LogP contribution < -0.4 is 15.0 Å². The normalized spacial score (nSPS) is 15.4. The van der Waals surface area contributed by atoms with Crippen molar-refractivity contribution in [2.24, 2.45) is 0 Å². The van der Waals surface area contributed by atoms with Crippen LogP contribution in [0.1, 0.15) is 15.9 Å². The van der Waals surface area contributed by atoms with Crippen molar-refractivity contribution < 1.29 is 32.6 Å². The molecule has 11 heteroatoms. The summed E-state index contributed by atoms with van der Waals surface area (Å²) in [7, 11) is 0. The van der Waals surface area contributed by atoms with Crippen molar-refractivity contribution in [2.45, 2.75) is 12.2 Å². The fourth-order valence-electron chi connectivity index (χ4n) is 3.39. The van der Waals surface area contributed by atoms with Crippen LogP contribution in [-0.2, 0) is 11.0 Å². The Hall–Kier alpha value is -3.79. The van der Waals surface area contributed by atoms with Crippen molar-refractivity contribution in [2.75, 3.05) is 16.8 Å². The number of carboxylic acids is 1. The molecule has 0 unspecified atom stereocenters. The average molecular weight is 478 g/mol. The van der Waals surface area contributed by atoms with Crippen LogP contribution in [0, 0.1) is 0 Å². The molecule has 3 aromatic rings. The number of amides is 1. The van der Waals surface area contributed by atoms with E-state index in [4.69, 9.17) is 16.3 Å². The first-order valence-corrected chi connectivity index (χ1v) is 9.91. The number of anilines is 3. The SMILES string of the molecule is O=C(Nc1ccc(C(F)(F)F)cc1)c1cccc2c1OC[C@H](C(=O)O)N2c1ncccc1Cl. The van der Waals surface area contributed by atoms with Crippen LogP contribution in [0.15, 0.2) is 60.8 Å². The zero-order chi connectivity index (χ0) is 23.8. The van der Waals surface area contributed by atoms with Crippen molar-refractivity contribution in [3.05, 3.63) is 76.9 Å². The number of fused-ring (bicyclic) bond motifs is 1. The van der Waals surface area contributed by atoms with Gasteiger partial charge in [-0.2, -0.15) is 13.2 Å². The fraction of sp³-hybridized carbons (Fsp3) is 0.136. The molecule has 0 radical (unpaired) electrons. The lowest BCUT2D eigenvalue weighted by Crippen LogP contribution is -2.46. The summed E-state index contributed by atoms with van der Waals surface area (Å²) in [4.78, 5) is 30.3. The van der Waals surface area contributed by atoms with Gasteiger partial charge in [0.2, 0.25) is 0 Å². The standard InChI is InChI=1S/C22H15ClF3N3O4/c23-15-4-2-10-27-19(15)29-16-5-1-3-14(18(16)33-11-17(29)21(31)32)20(30)28-13-8-6-12(7-9-13)22(24,25)26/h1-10,17H,11H2,(H,28,30)(H,31,32)/t17-/m1/s1. The fourth-order valence-corrected chi connectivity index (χ4v) is 3.60. The number of aromatic nitrogens is 1. The minimum atomic E-state index is -4.49. The van der Waals surface area contributed by atoms with Crippen LogP contribution in [0.5, 0.6) is 5.75 Å². The number of ether oxygens (including phenoxy) is 1. The minimum Gasteiger partial charge on any atom is -0.488 e. The van der Waals surface area contributed by atoms with Crippen molar-refractivity contribution >= 4 is 40.7 Å². The molecule has 1 aromatic heterocycles. The average Bonchev–Trinajstić information content (AvgIpc) is 2.78. The molecule has 1 aliphatic heterocycles. The monoisotopic (exact) mass is 477 g/mol. The molecule has 170 valence electrons. The summed E-state index contributed by atoms with van der Waals surface area (Å²) in [5, 5.41) is 12.4. The summed E-state index contributed by atoms with van der Waals surface area (Å²) >= 11 is 6.25. The lowest BCUT2D eigenvalue weighted by molar-refractivity contribution is -0.139. The number of pyridine rings is 1. The van der Waals surface area contributed by atoms with E-state index in [1.165, 1.54) is 23.2 Å². The first-order valence-electron chi connectivity index (χ1n) is 9.54. The molecule has 1 atom stereocenters. The first-order chi connectivity index (χ1) is 15.7. The second-order valence-electron chi connectivity index (χ2n) is 7.03. The maximum Gasteiger partial charge on any atom is 0.416 e. The zero-order valence-corrected chi connectivity index (χ0v) is 17.4. The highest BCUT2D eigenvalue weighted by molar-refractivity contribution is 6.33. The largest absolute Gasteiger partial charge is 0.488 e. The van der Waals surface area contributed by atoms with Gasteiger partial charge in [-0.05, 0) is 48.5 Å². The van der Waals surface area contributed by atoms with Gasteiger partial charge in [-0.3, -0.25) is 4.79 Å². The third-order valence-electron chi connectivity index (χ3n) is 4.92. The van der Waals surface area contributed by atoms with Crippen LogP contribution in [0.2, 0.25) is 5.02 Å². The highest BCUT2D eigenvalue weighted by atomic mass is 35.5. The van der Waals surface area contributed by atoms with Crippen LogP contribution in [-0.4, -0.2) is 34.6 Å². The van der Waals surface area contributed by atoms with E-state index in [-0.39, 0.29) is 40.1 Å². The number of carbonyl (C=O) groups is 2. The van der Waals surface area contributed by atoms with Crippen LogP contribution in [0.4, 0.5) is 30.4 Å². The lowest BCUT2D eigenvalue weighted by Gasteiger charge is -2.36. The quantitative estimate of drug-likeness (QED) is 0.550. The maximum atomic E-state index is 12.9. The molecule has 2 aromatic carbocycles. The molecular weight excluding hydrogens is 463 g/mol. The summed E-state index contributed by atoms with van der Waals surface area (Å²) < 4.78 is 43.9. The Labute approximate surface area is 190 Å². The number of carboxylic acid groups (broad SMARTS) is 1. The van der Waals surface area contributed by atoms with E-state index < -0.39 is 29.7 Å². The van der Waals surface area contributed by atoms with Crippen molar-refractivity contribution in [3.63, 3.8) is 0 Å². The summed E-state index contributed by atoms with van der Waals surface area (Å²) in [5.41, 5.74) is -0.374. The first kappa shape index (κ1) is 22.4. The van der Waals surface area contributed by atoms with Gasteiger partial charge in [0, 0.05) is 11.9 Å². The van der Waals surface area contributed by atoms with Gasteiger partial charge in [0.1, 0.15) is 6.61 Å². The van der Waals surface area contributed by atoms with Gasteiger partial charge in [0.25, 0.3) is 5.91 Å². The van der Waals surface area contributed by atoms with Gasteiger partial charge in [-0.25, -0.2) is 9.78 Å². The molecule has 1 aliphatic rings. The van der Waals surface area contributed by atoms with Gasteiger partial charge in [0.15, 0.2) is 17.6 Å². The molecule has 4 rings (SSSR count). The van der Waals surface area contributed by atoms with Gasteiger partial charge >= 0.3 is 12.1 Å². The molecule has 0 saturated carbocycles.